The molecule has 1 atom stereocenters. The van der Waals surface area contributed by atoms with Crippen molar-refractivity contribution in [3.05, 3.63) is 94.5 Å². The number of fused-ring (bicyclic) bond motifs is 1. The molecule has 0 radical (unpaired) electrons. The van der Waals surface area contributed by atoms with Crippen LogP contribution in [0.3, 0.4) is 0 Å². The maximum absolute atomic E-state index is 12.8. The van der Waals surface area contributed by atoms with Gasteiger partial charge >= 0.3 is 0 Å². The Morgan fingerprint density at radius 1 is 1.10 bits per heavy atom. The predicted molar refractivity (Wildman–Crippen MR) is 117 cm³/mol. The quantitative estimate of drug-likeness (QED) is 0.653. The lowest BCUT2D eigenvalue weighted by molar-refractivity contribution is -0.138. The van der Waals surface area contributed by atoms with Crippen molar-refractivity contribution in [3.8, 4) is 5.75 Å². The molecular formula is C24H21ClN2O3. The minimum Gasteiger partial charge on any atom is -0.481 e. The van der Waals surface area contributed by atoms with Gasteiger partial charge in [0.15, 0.2) is 6.10 Å². The number of halogens is 1. The van der Waals surface area contributed by atoms with Gasteiger partial charge in [-0.1, -0.05) is 54.1 Å². The monoisotopic (exact) mass is 420 g/mol. The van der Waals surface area contributed by atoms with Crippen LogP contribution in [-0.4, -0.2) is 22.8 Å². The van der Waals surface area contributed by atoms with Crippen molar-refractivity contribution >= 4 is 29.1 Å². The van der Waals surface area contributed by atoms with Crippen LogP contribution < -0.4 is 10.1 Å². The molecule has 1 heterocycles. The highest BCUT2D eigenvalue weighted by Crippen LogP contribution is 2.30. The average Bonchev–Trinajstić information content (AvgIpc) is 2.86. The Labute approximate surface area is 180 Å². The van der Waals surface area contributed by atoms with Crippen LogP contribution in [0.5, 0.6) is 5.75 Å². The smallest absolute Gasteiger partial charge is 0.263 e. The molecule has 3 aromatic rings. The third-order valence-electron chi connectivity index (χ3n) is 4.98. The van der Waals surface area contributed by atoms with Crippen molar-refractivity contribution < 1.29 is 14.3 Å². The third-order valence-corrected chi connectivity index (χ3v) is 5.31. The highest BCUT2D eigenvalue weighted by Gasteiger charge is 2.28. The van der Waals surface area contributed by atoms with E-state index in [1.54, 1.807) is 48.2 Å². The number of rotatable bonds is 4. The van der Waals surface area contributed by atoms with Gasteiger partial charge in [-0.2, -0.15) is 0 Å². The van der Waals surface area contributed by atoms with Gasteiger partial charge in [-0.25, -0.2) is 0 Å². The summed E-state index contributed by atoms with van der Waals surface area (Å²) in [7, 11) is 0. The summed E-state index contributed by atoms with van der Waals surface area (Å²) < 4.78 is 5.88. The van der Waals surface area contributed by atoms with E-state index in [2.05, 4.69) is 5.32 Å². The van der Waals surface area contributed by atoms with Crippen molar-refractivity contribution in [2.24, 2.45) is 0 Å². The average molecular weight is 421 g/mol. The van der Waals surface area contributed by atoms with E-state index < -0.39 is 6.10 Å². The molecule has 0 aromatic heterocycles. The molecule has 0 spiro atoms. The molecule has 2 amide bonds. The molecule has 5 nitrogen and oxygen atoms in total. The number of carbonyl (C=O) groups excluding carboxylic acids is 2. The number of ether oxygens (including phenoxy) is 1. The zero-order valence-electron chi connectivity index (χ0n) is 16.5. The van der Waals surface area contributed by atoms with Crippen molar-refractivity contribution in [1.82, 2.24) is 4.90 Å². The number of anilines is 1. The molecule has 4 rings (SSSR count). The van der Waals surface area contributed by atoms with Gasteiger partial charge in [0, 0.05) is 24.3 Å². The van der Waals surface area contributed by atoms with Crippen molar-refractivity contribution in [2.75, 3.05) is 5.32 Å². The highest BCUT2D eigenvalue weighted by molar-refractivity contribution is 6.34. The van der Waals surface area contributed by atoms with E-state index in [4.69, 9.17) is 16.3 Å². The summed E-state index contributed by atoms with van der Waals surface area (Å²) in [5, 5.41) is 3.26. The molecule has 152 valence electrons. The maximum Gasteiger partial charge on any atom is 0.263 e. The van der Waals surface area contributed by atoms with Gasteiger partial charge in [0.25, 0.3) is 11.8 Å². The minimum atomic E-state index is -0.585. The standard InChI is InChI=1S/C24H21ClN2O3/c1-16-24(29)27(14-17-7-3-2-4-8-17)15-18-13-19(11-12-22(18)30-16)26-23(28)20-9-5-6-10-21(20)25/h2-13,16H,14-15H2,1H3,(H,26,28). The van der Waals surface area contributed by atoms with Crippen molar-refractivity contribution in [1.29, 1.82) is 0 Å². The minimum absolute atomic E-state index is 0.0725. The van der Waals surface area contributed by atoms with Crippen LogP contribution in [0.1, 0.15) is 28.4 Å². The first-order chi connectivity index (χ1) is 14.5. The molecule has 0 aliphatic carbocycles. The number of nitrogens with one attached hydrogen (secondary N) is 1. The molecule has 1 aliphatic heterocycles. The Morgan fingerprint density at radius 2 is 1.83 bits per heavy atom. The molecule has 1 unspecified atom stereocenters. The van der Waals surface area contributed by atoms with Gasteiger partial charge in [-0.15, -0.1) is 0 Å². The molecule has 1 N–H and O–H groups in total. The van der Waals surface area contributed by atoms with Crippen LogP contribution in [0.4, 0.5) is 5.69 Å². The fourth-order valence-electron chi connectivity index (χ4n) is 3.46. The third kappa shape index (κ3) is 4.31. The van der Waals surface area contributed by atoms with Gasteiger partial charge in [0.2, 0.25) is 0 Å². The van der Waals surface area contributed by atoms with Crippen LogP contribution in [0.2, 0.25) is 5.02 Å². The van der Waals surface area contributed by atoms with Crippen LogP contribution in [0.15, 0.2) is 72.8 Å². The van der Waals surface area contributed by atoms with E-state index in [0.29, 0.717) is 35.1 Å². The normalized spacial score (nSPS) is 15.7. The first-order valence-corrected chi connectivity index (χ1v) is 10.1. The topological polar surface area (TPSA) is 58.6 Å². The fraction of sp³-hybridized carbons (Fsp3) is 0.167. The summed E-state index contributed by atoms with van der Waals surface area (Å²) in [6.45, 7) is 2.63. The second-order valence-corrected chi connectivity index (χ2v) is 7.60. The van der Waals surface area contributed by atoms with Crippen LogP contribution in [-0.2, 0) is 17.9 Å². The lowest BCUT2D eigenvalue weighted by Gasteiger charge is -2.22. The SMILES string of the molecule is CC1Oc2ccc(NC(=O)c3ccccc3Cl)cc2CN(Cc2ccccc2)C1=O. The first kappa shape index (κ1) is 20.0. The molecule has 0 saturated carbocycles. The van der Waals surface area contributed by atoms with Gasteiger partial charge in [0.05, 0.1) is 10.6 Å². The molecule has 0 bridgehead atoms. The lowest BCUT2D eigenvalue weighted by Crippen LogP contribution is -2.37. The van der Waals surface area contributed by atoms with E-state index in [9.17, 15) is 9.59 Å². The fourth-order valence-corrected chi connectivity index (χ4v) is 3.68. The zero-order chi connectivity index (χ0) is 21.1. The number of nitrogens with zero attached hydrogens (tertiary/aromatic N) is 1. The van der Waals surface area contributed by atoms with Crippen molar-refractivity contribution in [2.45, 2.75) is 26.1 Å². The number of hydrogen-bond donors (Lipinski definition) is 1. The van der Waals surface area contributed by atoms with E-state index in [1.807, 2.05) is 36.4 Å². The Kier molecular flexibility index (Phi) is 5.72. The van der Waals surface area contributed by atoms with Crippen LogP contribution in [0.25, 0.3) is 0 Å². The van der Waals surface area contributed by atoms with Gasteiger partial charge in [-0.05, 0) is 42.8 Å². The number of amides is 2. The first-order valence-electron chi connectivity index (χ1n) is 9.69. The second-order valence-electron chi connectivity index (χ2n) is 7.20. The summed E-state index contributed by atoms with van der Waals surface area (Å²) in [4.78, 5) is 27.2. The summed E-state index contributed by atoms with van der Waals surface area (Å²) in [5.41, 5.74) is 2.90. The summed E-state index contributed by atoms with van der Waals surface area (Å²) >= 11 is 6.13. The molecule has 1 aliphatic rings. The predicted octanol–water partition coefficient (Wildman–Crippen LogP) is 4.90. The van der Waals surface area contributed by atoms with Crippen LogP contribution in [0, 0.1) is 0 Å². The van der Waals surface area contributed by atoms with Gasteiger partial charge < -0.3 is 15.0 Å². The van der Waals surface area contributed by atoms with E-state index >= 15 is 0 Å². The number of hydrogen-bond acceptors (Lipinski definition) is 3. The highest BCUT2D eigenvalue weighted by atomic mass is 35.5. The Morgan fingerprint density at radius 3 is 2.60 bits per heavy atom. The molecule has 30 heavy (non-hydrogen) atoms. The Balaban J connectivity index is 1.58. The molecule has 6 heteroatoms. The van der Waals surface area contributed by atoms with Gasteiger partial charge in [-0.3, -0.25) is 9.59 Å². The summed E-state index contributed by atoms with van der Waals surface area (Å²) in [6.07, 6.45) is -0.585. The summed E-state index contributed by atoms with van der Waals surface area (Å²) in [6, 6.07) is 22.1. The number of benzene rings is 3. The zero-order valence-corrected chi connectivity index (χ0v) is 17.2. The van der Waals surface area contributed by atoms with Crippen molar-refractivity contribution in [3.63, 3.8) is 0 Å². The lowest BCUT2D eigenvalue weighted by atomic mass is 10.1. The van der Waals surface area contributed by atoms with Crippen LogP contribution >= 0.6 is 11.6 Å². The molecule has 0 fully saturated rings. The van der Waals surface area contributed by atoms with Gasteiger partial charge in [0.1, 0.15) is 5.75 Å². The Hall–Kier alpha value is -3.31. The van der Waals surface area contributed by atoms with E-state index in [1.165, 1.54) is 0 Å². The largest absolute Gasteiger partial charge is 0.481 e. The molecule has 0 saturated heterocycles. The van der Waals surface area contributed by atoms with E-state index in [-0.39, 0.29) is 11.8 Å². The summed E-state index contributed by atoms with van der Waals surface area (Å²) in [5.74, 6) is 0.277. The number of carbonyl (C=O) groups is 2. The Bertz CT molecular complexity index is 1080. The van der Waals surface area contributed by atoms with E-state index in [0.717, 1.165) is 11.1 Å². The molecular weight excluding hydrogens is 400 g/mol. The maximum atomic E-state index is 12.8. The molecule has 3 aromatic carbocycles. The second kappa shape index (κ2) is 8.59.